The van der Waals surface area contributed by atoms with Crippen molar-refractivity contribution in [3.63, 3.8) is 0 Å². The van der Waals surface area contributed by atoms with E-state index in [4.69, 9.17) is 10.8 Å². The highest BCUT2D eigenvalue weighted by Gasteiger charge is 2.50. The van der Waals surface area contributed by atoms with Gasteiger partial charge in [0.1, 0.15) is 11.5 Å². The van der Waals surface area contributed by atoms with E-state index in [1.165, 1.54) is 27.7 Å². The molecule has 0 bridgehead atoms. The van der Waals surface area contributed by atoms with Crippen LogP contribution < -0.4 is 26.2 Å². The van der Waals surface area contributed by atoms with Gasteiger partial charge < -0.3 is 20.9 Å². The van der Waals surface area contributed by atoms with Gasteiger partial charge in [-0.15, -0.1) is 5.10 Å². The Bertz CT molecular complexity index is 2420. The molecule has 2 aromatic heterocycles. The fourth-order valence-corrected chi connectivity index (χ4v) is 10.2. The summed E-state index contributed by atoms with van der Waals surface area (Å²) < 4.78 is 49.0. The number of amides is 5. The summed E-state index contributed by atoms with van der Waals surface area (Å²) in [5, 5.41) is 10.1. The third-order valence-corrected chi connectivity index (χ3v) is 13.7. The third-order valence-electron chi connectivity index (χ3n) is 13.7. The number of likely N-dealkylation sites (tertiary alicyclic amines) is 3. The summed E-state index contributed by atoms with van der Waals surface area (Å²) in [4.78, 5) is 63.2. The van der Waals surface area contributed by atoms with Crippen LogP contribution in [0.5, 0.6) is 0 Å². The molecule has 0 aliphatic carbocycles. The molecule has 4 N–H and O–H groups in total. The molecule has 7 heterocycles. The molecule has 2 aromatic carbocycles. The quantitative estimate of drug-likeness (QED) is 0.227. The van der Waals surface area contributed by atoms with Crippen molar-refractivity contribution in [3.05, 3.63) is 76.4 Å². The average molecular weight is 842 g/mol. The van der Waals surface area contributed by atoms with Gasteiger partial charge in [0.25, 0.3) is 17.7 Å². The Morgan fingerprint density at radius 2 is 1.69 bits per heavy atom. The number of fused-ring (bicyclic) bond motifs is 2. The van der Waals surface area contributed by atoms with Crippen LogP contribution in [0.4, 0.5) is 40.8 Å². The predicted molar refractivity (Wildman–Crippen MR) is 222 cm³/mol. The molecule has 5 aliphatic rings. The molecule has 0 radical (unpaired) electrons. The maximum atomic E-state index is 16.1. The van der Waals surface area contributed by atoms with Crippen molar-refractivity contribution < 1.29 is 32.3 Å². The van der Waals surface area contributed by atoms with Crippen LogP contribution in [0.1, 0.15) is 76.1 Å². The number of rotatable bonds is 8. The Kier molecular flexibility index (Phi) is 10.4. The first kappa shape index (κ1) is 40.6. The second kappa shape index (κ2) is 15.6. The number of aromatic nitrogens is 3. The molecule has 1 atom stereocenters. The van der Waals surface area contributed by atoms with E-state index in [1.54, 1.807) is 18.9 Å². The number of alkyl halides is 2. The van der Waals surface area contributed by atoms with E-state index >= 15 is 13.2 Å². The molecule has 1 spiro atoms. The van der Waals surface area contributed by atoms with Gasteiger partial charge >= 0.3 is 6.03 Å². The number of urea groups is 1. The van der Waals surface area contributed by atoms with Gasteiger partial charge in [0.15, 0.2) is 11.5 Å². The summed E-state index contributed by atoms with van der Waals surface area (Å²) in [5.74, 6) is -4.42. The maximum absolute atomic E-state index is 16.1. The summed E-state index contributed by atoms with van der Waals surface area (Å²) in [7, 11) is 1.77. The normalized spacial score (nSPS) is 21.9. The highest BCUT2D eigenvalue weighted by atomic mass is 19.3. The molecule has 0 saturated carbocycles. The number of carbonyl (C=O) groups excluding carboxylic acids is 4. The highest BCUT2D eigenvalue weighted by Crippen LogP contribution is 2.45. The monoisotopic (exact) mass is 841 g/mol. The second-order valence-electron chi connectivity index (χ2n) is 17.2. The molecule has 1 unspecified atom stereocenters. The first-order valence-electron chi connectivity index (χ1n) is 21.0. The van der Waals surface area contributed by atoms with Crippen LogP contribution in [0.2, 0.25) is 0 Å². The number of benzene rings is 2. The molecule has 322 valence electrons. The Labute approximate surface area is 351 Å². The van der Waals surface area contributed by atoms with E-state index in [2.05, 4.69) is 20.5 Å². The molecule has 61 heavy (non-hydrogen) atoms. The molecule has 9 rings (SSSR count). The van der Waals surface area contributed by atoms with Crippen LogP contribution >= 0.6 is 0 Å². The Morgan fingerprint density at radius 1 is 0.951 bits per heavy atom. The minimum absolute atomic E-state index is 0.0704. The average Bonchev–Trinajstić information content (AvgIpc) is 3.87. The predicted octanol–water partition coefficient (Wildman–Crippen LogP) is 4.69. The van der Waals surface area contributed by atoms with E-state index < -0.39 is 35.6 Å². The number of halogens is 3. The summed E-state index contributed by atoms with van der Waals surface area (Å²) in [6, 6.07) is 9.05. The topological polar surface area (TPSA) is 165 Å². The summed E-state index contributed by atoms with van der Waals surface area (Å²) in [6.45, 7) is 5.02. The smallest absolute Gasteiger partial charge is 0.328 e. The lowest BCUT2D eigenvalue weighted by molar-refractivity contribution is -0.139. The van der Waals surface area contributed by atoms with Gasteiger partial charge in [-0.2, -0.15) is 0 Å². The number of primary amides is 1. The largest absolute Gasteiger partial charge is 0.385 e. The minimum atomic E-state index is -2.91. The molecule has 5 aliphatic heterocycles. The van der Waals surface area contributed by atoms with Crippen LogP contribution in [0, 0.1) is 18.2 Å². The Morgan fingerprint density at radius 3 is 2.39 bits per heavy atom. The molecule has 4 aromatic rings. The van der Waals surface area contributed by atoms with E-state index in [-0.39, 0.29) is 42.1 Å². The van der Waals surface area contributed by atoms with Crippen molar-refractivity contribution in [2.45, 2.75) is 70.4 Å². The first-order valence-corrected chi connectivity index (χ1v) is 21.0. The lowest BCUT2D eigenvalue weighted by Crippen LogP contribution is -2.60. The van der Waals surface area contributed by atoms with Crippen LogP contribution in [0.3, 0.4) is 0 Å². The zero-order valence-corrected chi connectivity index (χ0v) is 34.4. The van der Waals surface area contributed by atoms with E-state index in [1.807, 2.05) is 34.1 Å². The summed E-state index contributed by atoms with van der Waals surface area (Å²) in [6.07, 6.45) is 5.51. The zero-order chi connectivity index (χ0) is 42.8. The minimum Gasteiger partial charge on any atom is -0.385 e. The highest BCUT2D eigenvalue weighted by molar-refractivity contribution is 6.06. The molecular weight excluding hydrogens is 792 g/mol. The summed E-state index contributed by atoms with van der Waals surface area (Å²) in [5.41, 5.74) is 10.7. The van der Waals surface area contributed by atoms with Crippen molar-refractivity contribution in [1.82, 2.24) is 34.6 Å². The number of nitrogens with one attached hydrogen (secondary N) is 2. The number of imide groups is 1. The van der Waals surface area contributed by atoms with Gasteiger partial charge in [-0.1, -0.05) is 12.1 Å². The number of nitrogens with zero attached hydrogens (tertiary/aromatic N) is 8. The standard InChI is InChI=1S/C43H50F3N11O4/c1-26-20-30(44)29(21-33(26)56-15-8-37(58)50-41(56)61)40(60)54-18-11-42(12-19-54)9-16-53(17-10-42)35-7-13-52(25-43(35,45)46)24-27-4-3-5-32-28(27)6-14-55(32)36-22-31(48-2)39-49-23-34(38(47)59)57(39)51-36/h3-5,20-23,35,48H,6-19,24-25H2,1-2H3,(H2,47,59)(H,50,58,61). The van der Waals surface area contributed by atoms with E-state index in [0.717, 1.165) is 29.7 Å². The number of carbonyl (C=O) groups is 4. The Balaban J connectivity index is 0.805. The lowest BCUT2D eigenvalue weighted by atomic mass is 9.70. The van der Waals surface area contributed by atoms with Gasteiger partial charge in [-0.25, -0.2) is 27.5 Å². The zero-order valence-electron chi connectivity index (χ0n) is 34.4. The molecule has 4 saturated heterocycles. The van der Waals surface area contributed by atoms with Crippen molar-refractivity contribution in [2.24, 2.45) is 11.1 Å². The maximum Gasteiger partial charge on any atom is 0.328 e. The number of hydrogen-bond acceptors (Lipinski definition) is 10. The van der Waals surface area contributed by atoms with Gasteiger partial charge in [0, 0.05) is 70.2 Å². The number of nitrogens with two attached hydrogens (primary N) is 1. The molecule has 18 heteroatoms. The number of piperidine rings is 3. The van der Waals surface area contributed by atoms with E-state index in [9.17, 15) is 19.2 Å². The van der Waals surface area contributed by atoms with E-state index in [0.29, 0.717) is 99.9 Å². The van der Waals surface area contributed by atoms with Gasteiger partial charge in [-0.05, 0) is 98.8 Å². The van der Waals surface area contributed by atoms with Crippen LogP contribution in [0.15, 0.2) is 42.6 Å². The molecule has 5 amide bonds. The molecule has 15 nitrogen and oxygen atoms in total. The number of anilines is 4. The fraction of sp³-hybridized carbons (Fsp3) is 0.488. The van der Waals surface area contributed by atoms with Crippen molar-refractivity contribution in [3.8, 4) is 0 Å². The molecular formula is C43H50F3N11O4. The number of imidazole rings is 1. The van der Waals surface area contributed by atoms with Crippen molar-refractivity contribution in [1.29, 1.82) is 0 Å². The van der Waals surface area contributed by atoms with Gasteiger partial charge in [-0.3, -0.25) is 34.4 Å². The number of hydrogen-bond donors (Lipinski definition) is 3. The van der Waals surface area contributed by atoms with Gasteiger partial charge in [0.05, 0.1) is 30.0 Å². The van der Waals surface area contributed by atoms with Crippen LogP contribution in [-0.4, -0.2) is 124 Å². The van der Waals surface area contributed by atoms with Crippen LogP contribution in [-0.2, 0) is 17.8 Å². The SMILES string of the molecule is CNc1cc(N2CCc3c(CN4CCC(N5CCC6(CCN(C(=O)c7cc(N8CCC(=O)NC8=O)c(C)cc7F)CC6)CC5)C(F)(F)C4)cccc32)nn2c(C(N)=O)cnc12. The van der Waals surface area contributed by atoms with Crippen molar-refractivity contribution in [2.75, 3.05) is 74.5 Å². The van der Waals surface area contributed by atoms with Crippen molar-refractivity contribution >= 4 is 52.3 Å². The first-order chi connectivity index (χ1) is 29.2. The Hall–Kier alpha value is -5.75. The van der Waals surface area contributed by atoms with Gasteiger partial charge in [0.2, 0.25) is 5.91 Å². The second-order valence-corrected chi connectivity index (χ2v) is 17.2. The summed E-state index contributed by atoms with van der Waals surface area (Å²) >= 11 is 0. The van der Waals surface area contributed by atoms with Crippen LogP contribution in [0.25, 0.3) is 5.65 Å². The fourth-order valence-electron chi connectivity index (χ4n) is 10.2. The number of aryl methyl sites for hydroxylation is 1. The third kappa shape index (κ3) is 7.42. The lowest BCUT2D eigenvalue weighted by Gasteiger charge is -2.51. The molecule has 4 fully saturated rings.